The topological polar surface area (TPSA) is 43.4 Å². The number of hydrogen-bond acceptors (Lipinski definition) is 3. The Morgan fingerprint density at radius 1 is 1.07 bits per heavy atom. The normalized spacial score (nSPS) is 13.4. The number of hydrogen-bond donors (Lipinski definition) is 0. The average Bonchev–Trinajstić information content (AvgIpc) is 2.63. The molecule has 2 aromatic rings. The first-order valence-corrected chi connectivity index (χ1v) is 9.25. The summed E-state index contributed by atoms with van der Waals surface area (Å²) >= 11 is 0. The lowest BCUT2D eigenvalue weighted by Gasteiger charge is -2.20. The molecular formula is C24H28O3. The molecule has 0 bridgehead atoms. The fraction of sp³-hybridized carbons (Fsp3) is 0.333. The highest BCUT2D eigenvalue weighted by Crippen LogP contribution is 2.30. The molecule has 0 amide bonds. The van der Waals surface area contributed by atoms with Gasteiger partial charge in [0.1, 0.15) is 12.0 Å². The molecule has 0 heterocycles. The third kappa shape index (κ3) is 5.16. The second kappa shape index (κ2) is 9.31. The van der Waals surface area contributed by atoms with Crippen LogP contribution in [-0.4, -0.2) is 19.2 Å². The van der Waals surface area contributed by atoms with E-state index in [0.717, 1.165) is 39.9 Å². The first-order valence-electron chi connectivity index (χ1n) is 9.25. The zero-order chi connectivity index (χ0) is 20.0. The molecule has 0 fully saturated rings. The smallest absolute Gasteiger partial charge is 0.186 e. The van der Waals surface area contributed by atoms with Crippen LogP contribution in [0.1, 0.15) is 51.9 Å². The number of ether oxygens (including phenoxy) is 1. The lowest BCUT2D eigenvalue weighted by Crippen LogP contribution is -2.10. The quantitative estimate of drug-likeness (QED) is 0.359. The van der Waals surface area contributed by atoms with Gasteiger partial charge in [0.15, 0.2) is 5.78 Å². The van der Waals surface area contributed by atoms with Crippen LogP contribution in [0.25, 0.3) is 0 Å². The predicted octanol–water partition coefficient (Wildman–Crippen LogP) is 5.37. The summed E-state index contributed by atoms with van der Waals surface area (Å²) in [6.07, 6.45) is 4.92. The van der Waals surface area contributed by atoms with Crippen LogP contribution in [-0.2, 0) is 4.79 Å². The van der Waals surface area contributed by atoms with Crippen LogP contribution in [0.2, 0.25) is 0 Å². The van der Waals surface area contributed by atoms with E-state index >= 15 is 0 Å². The molecule has 2 unspecified atom stereocenters. The van der Waals surface area contributed by atoms with Crippen molar-refractivity contribution >= 4 is 12.1 Å². The Morgan fingerprint density at radius 3 is 2.19 bits per heavy atom. The van der Waals surface area contributed by atoms with Crippen molar-refractivity contribution in [3.05, 3.63) is 76.4 Å². The van der Waals surface area contributed by atoms with Gasteiger partial charge in [-0.25, -0.2) is 0 Å². The van der Waals surface area contributed by atoms with Crippen molar-refractivity contribution in [3.8, 4) is 5.75 Å². The van der Waals surface area contributed by atoms with Crippen molar-refractivity contribution in [2.75, 3.05) is 7.11 Å². The molecule has 142 valence electrons. The molecule has 3 nitrogen and oxygen atoms in total. The fourth-order valence-electron chi connectivity index (χ4n) is 3.63. The molecule has 0 spiro atoms. The highest BCUT2D eigenvalue weighted by atomic mass is 16.5. The first kappa shape index (κ1) is 20.6. The number of methoxy groups -OCH3 is 1. The van der Waals surface area contributed by atoms with Gasteiger partial charge in [-0.1, -0.05) is 42.8 Å². The lowest BCUT2D eigenvalue weighted by molar-refractivity contribution is -0.108. The highest BCUT2D eigenvalue weighted by Gasteiger charge is 2.18. The molecule has 2 rings (SSSR count). The van der Waals surface area contributed by atoms with Crippen LogP contribution < -0.4 is 4.74 Å². The van der Waals surface area contributed by atoms with Crippen molar-refractivity contribution in [3.63, 3.8) is 0 Å². The summed E-state index contributed by atoms with van der Waals surface area (Å²) in [6, 6.07) is 11.8. The number of carbonyl (C=O) groups excluding carboxylic acids is 2. The maximum Gasteiger partial charge on any atom is 0.186 e. The van der Waals surface area contributed by atoms with Gasteiger partial charge in [-0.2, -0.15) is 0 Å². The summed E-state index contributed by atoms with van der Waals surface area (Å²) in [4.78, 5) is 23.9. The molecule has 27 heavy (non-hydrogen) atoms. The van der Waals surface area contributed by atoms with E-state index < -0.39 is 0 Å². The van der Waals surface area contributed by atoms with E-state index in [-0.39, 0.29) is 17.6 Å². The Labute approximate surface area is 162 Å². The van der Waals surface area contributed by atoms with Gasteiger partial charge in [0, 0.05) is 12.0 Å². The van der Waals surface area contributed by atoms with Gasteiger partial charge in [0.05, 0.1) is 7.11 Å². The molecule has 0 aliphatic heterocycles. The van der Waals surface area contributed by atoms with Crippen molar-refractivity contribution in [2.24, 2.45) is 5.92 Å². The second-order valence-electron chi connectivity index (χ2n) is 7.14. The van der Waals surface area contributed by atoms with Crippen LogP contribution in [0.5, 0.6) is 5.75 Å². The third-order valence-corrected chi connectivity index (χ3v) is 5.00. The maximum absolute atomic E-state index is 12.7. The van der Waals surface area contributed by atoms with Crippen LogP contribution >= 0.6 is 0 Å². The number of aryl methyl sites for hydroxylation is 3. The number of rotatable bonds is 8. The number of ketones is 1. The van der Waals surface area contributed by atoms with E-state index in [2.05, 4.69) is 0 Å². The molecule has 3 heteroatoms. The van der Waals surface area contributed by atoms with Gasteiger partial charge in [-0.15, -0.1) is 0 Å². The van der Waals surface area contributed by atoms with Crippen LogP contribution in [0, 0.1) is 26.7 Å². The SMILES string of the molecule is COc1ccc(C(CC=O)C(C)/C=C/C(=O)c2c(C)cc(C)cc2C)cc1. The minimum atomic E-state index is 0.0106. The lowest BCUT2D eigenvalue weighted by atomic mass is 9.84. The molecule has 0 aromatic heterocycles. The largest absolute Gasteiger partial charge is 0.497 e. The molecular weight excluding hydrogens is 336 g/mol. The Hall–Kier alpha value is -2.68. The van der Waals surface area contributed by atoms with Crippen LogP contribution in [0.15, 0.2) is 48.6 Å². The van der Waals surface area contributed by atoms with Crippen molar-refractivity contribution in [1.29, 1.82) is 0 Å². The summed E-state index contributed by atoms with van der Waals surface area (Å²) in [5.74, 6) is 0.875. The van der Waals surface area contributed by atoms with E-state index in [0.29, 0.717) is 6.42 Å². The molecule has 0 N–H and O–H groups in total. The van der Waals surface area contributed by atoms with E-state index in [9.17, 15) is 9.59 Å². The summed E-state index contributed by atoms with van der Waals surface area (Å²) in [5, 5.41) is 0. The third-order valence-electron chi connectivity index (χ3n) is 5.00. The number of benzene rings is 2. The maximum atomic E-state index is 12.7. The fourth-order valence-corrected chi connectivity index (χ4v) is 3.63. The van der Waals surface area contributed by atoms with Gasteiger partial charge < -0.3 is 9.53 Å². The summed E-state index contributed by atoms with van der Waals surface area (Å²) in [6.45, 7) is 8.01. The summed E-state index contributed by atoms with van der Waals surface area (Å²) < 4.78 is 5.20. The standard InChI is InChI=1S/C24H28O3/c1-16-14-18(3)24(19(4)15-16)23(26)11-6-17(2)22(12-13-25)20-7-9-21(27-5)10-8-20/h6-11,13-15,17,22H,12H2,1-5H3/b11-6+. The molecule has 0 aliphatic carbocycles. The Bertz CT molecular complexity index is 808. The second-order valence-corrected chi connectivity index (χ2v) is 7.14. The Kier molecular flexibility index (Phi) is 7.12. The van der Waals surface area contributed by atoms with Crippen LogP contribution in [0.4, 0.5) is 0 Å². The van der Waals surface area contributed by atoms with Gasteiger partial charge in [-0.05, 0) is 67.5 Å². The predicted molar refractivity (Wildman–Crippen MR) is 110 cm³/mol. The Balaban J connectivity index is 2.22. The molecule has 2 aromatic carbocycles. The van der Waals surface area contributed by atoms with Crippen LogP contribution in [0.3, 0.4) is 0 Å². The minimum absolute atomic E-state index is 0.0106. The first-order chi connectivity index (χ1) is 12.9. The zero-order valence-corrected chi connectivity index (χ0v) is 16.8. The van der Waals surface area contributed by atoms with Gasteiger partial charge in [0.2, 0.25) is 0 Å². The monoisotopic (exact) mass is 364 g/mol. The van der Waals surface area contributed by atoms with E-state index in [1.807, 2.05) is 70.2 Å². The van der Waals surface area contributed by atoms with Crippen molar-refractivity contribution in [2.45, 2.75) is 40.0 Å². The molecule has 0 radical (unpaired) electrons. The highest BCUT2D eigenvalue weighted by molar-refractivity contribution is 6.06. The van der Waals surface area contributed by atoms with Gasteiger partial charge >= 0.3 is 0 Å². The van der Waals surface area contributed by atoms with Gasteiger partial charge in [-0.3, -0.25) is 4.79 Å². The average molecular weight is 364 g/mol. The van der Waals surface area contributed by atoms with E-state index in [4.69, 9.17) is 4.74 Å². The van der Waals surface area contributed by atoms with Crippen molar-refractivity contribution in [1.82, 2.24) is 0 Å². The van der Waals surface area contributed by atoms with Crippen molar-refractivity contribution < 1.29 is 14.3 Å². The number of carbonyl (C=O) groups is 2. The summed E-state index contributed by atoms with van der Waals surface area (Å²) in [7, 11) is 1.63. The Morgan fingerprint density at radius 2 is 1.67 bits per heavy atom. The molecule has 0 aliphatic rings. The van der Waals surface area contributed by atoms with Gasteiger partial charge in [0.25, 0.3) is 0 Å². The molecule has 2 atom stereocenters. The van der Waals surface area contributed by atoms with E-state index in [1.165, 1.54) is 0 Å². The molecule has 0 saturated heterocycles. The van der Waals surface area contributed by atoms with E-state index in [1.54, 1.807) is 13.2 Å². The number of allylic oxidation sites excluding steroid dienone is 2. The molecule has 0 saturated carbocycles. The minimum Gasteiger partial charge on any atom is -0.497 e. The number of aldehydes is 1. The summed E-state index contributed by atoms with van der Waals surface area (Å²) in [5.41, 5.74) is 4.98. The zero-order valence-electron chi connectivity index (χ0n) is 16.8.